The van der Waals surface area contributed by atoms with Crippen LogP contribution in [-0.2, 0) is 13.2 Å². The summed E-state index contributed by atoms with van der Waals surface area (Å²) in [6.07, 6.45) is -3.37. The van der Waals surface area contributed by atoms with Crippen LogP contribution in [0, 0.1) is 0 Å². The minimum Gasteiger partial charge on any atom is -0.347 e. The van der Waals surface area contributed by atoms with Gasteiger partial charge in [-0.05, 0) is 0 Å². The molecule has 0 saturated carbocycles. The SMILES string of the molecule is Cn1ccc(=O)cc1C(F)(F)F. The molecule has 0 bridgehead atoms. The van der Waals surface area contributed by atoms with Crippen molar-refractivity contribution in [3.63, 3.8) is 0 Å². The van der Waals surface area contributed by atoms with E-state index < -0.39 is 17.3 Å². The maximum atomic E-state index is 12.1. The van der Waals surface area contributed by atoms with Gasteiger partial charge in [0.05, 0.1) is 0 Å². The van der Waals surface area contributed by atoms with Crippen molar-refractivity contribution >= 4 is 0 Å². The highest BCUT2D eigenvalue weighted by Gasteiger charge is 2.32. The van der Waals surface area contributed by atoms with Gasteiger partial charge in [-0.2, -0.15) is 13.2 Å². The first-order valence-corrected chi connectivity index (χ1v) is 3.15. The zero-order valence-electron chi connectivity index (χ0n) is 6.22. The molecule has 2 nitrogen and oxygen atoms in total. The maximum Gasteiger partial charge on any atom is 0.431 e. The van der Waals surface area contributed by atoms with E-state index in [2.05, 4.69) is 0 Å². The molecule has 0 saturated heterocycles. The second-order valence-electron chi connectivity index (χ2n) is 2.36. The summed E-state index contributed by atoms with van der Waals surface area (Å²) in [6.45, 7) is 0. The molecule has 66 valence electrons. The van der Waals surface area contributed by atoms with Gasteiger partial charge in [-0.15, -0.1) is 0 Å². The van der Waals surface area contributed by atoms with Gasteiger partial charge in [0.15, 0.2) is 5.43 Å². The van der Waals surface area contributed by atoms with Crippen LogP contribution in [0.15, 0.2) is 23.1 Å². The van der Waals surface area contributed by atoms with E-state index in [1.807, 2.05) is 0 Å². The average molecular weight is 177 g/mol. The number of aromatic nitrogens is 1. The quantitative estimate of drug-likeness (QED) is 0.587. The summed E-state index contributed by atoms with van der Waals surface area (Å²) in [4.78, 5) is 10.6. The van der Waals surface area contributed by atoms with Gasteiger partial charge in [-0.3, -0.25) is 4.79 Å². The van der Waals surface area contributed by atoms with E-state index in [1.54, 1.807) is 0 Å². The van der Waals surface area contributed by atoms with E-state index in [-0.39, 0.29) is 0 Å². The molecule has 12 heavy (non-hydrogen) atoms. The number of pyridine rings is 1. The van der Waals surface area contributed by atoms with Crippen molar-refractivity contribution in [2.45, 2.75) is 6.18 Å². The van der Waals surface area contributed by atoms with Gasteiger partial charge in [0.2, 0.25) is 0 Å². The molecule has 0 aromatic carbocycles. The third-order valence-corrected chi connectivity index (χ3v) is 1.41. The Morgan fingerprint density at radius 1 is 1.42 bits per heavy atom. The van der Waals surface area contributed by atoms with E-state index in [0.717, 1.165) is 16.8 Å². The predicted molar refractivity (Wildman–Crippen MR) is 36.7 cm³/mol. The molecule has 1 rings (SSSR count). The van der Waals surface area contributed by atoms with Crippen LogP contribution in [0.3, 0.4) is 0 Å². The first kappa shape index (κ1) is 8.83. The summed E-state index contributed by atoms with van der Waals surface area (Å²) in [7, 11) is 1.24. The van der Waals surface area contributed by atoms with E-state index in [1.165, 1.54) is 7.05 Å². The van der Waals surface area contributed by atoms with E-state index in [4.69, 9.17) is 0 Å². The van der Waals surface area contributed by atoms with Crippen molar-refractivity contribution in [3.8, 4) is 0 Å². The van der Waals surface area contributed by atoms with Crippen molar-refractivity contribution < 1.29 is 13.2 Å². The zero-order chi connectivity index (χ0) is 9.35. The predicted octanol–water partition coefficient (Wildman–Crippen LogP) is 1.40. The largest absolute Gasteiger partial charge is 0.431 e. The molecule has 0 spiro atoms. The third-order valence-electron chi connectivity index (χ3n) is 1.41. The van der Waals surface area contributed by atoms with E-state index >= 15 is 0 Å². The van der Waals surface area contributed by atoms with Crippen molar-refractivity contribution in [3.05, 3.63) is 34.2 Å². The molecule has 0 N–H and O–H groups in total. The fraction of sp³-hybridized carbons (Fsp3) is 0.286. The molecule has 1 heterocycles. The summed E-state index contributed by atoms with van der Waals surface area (Å²) < 4.78 is 37.1. The molecule has 0 aliphatic rings. The summed E-state index contributed by atoms with van der Waals surface area (Å²) in [6, 6.07) is 1.65. The van der Waals surface area contributed by atoms with Crippen molar-refractivity contribution in [2.24, 2.45) is 7.05 Å². The van der Waals surface area contributed by atoms with Gasteiger partial charge < -0.3 is 4.57 Å². The number of hydrogen-bond acceptors (Lipinski definition) is 1. The second-order valence-corrected chi connectivity index (χ2v) is 2.36. The Kier molecular flexibility index (Phi) is 1.95. The lowest BCUT2D eigenvalue weighted by Crippen LogP contribution is -2.17. The number of aryl methyl sites for hydroxylation is 1. The smallest absolute Gasteiger partial charge is 0.347 e. The molecule has 0 radical (unpaired) electrons. The van der Waals surface area contributed by atoms with Crippen LogP contribution in [0.5, 0.6) is 0 Å². The van der Waals surface area contributed by atoms with Crippen LogP contribution in [0.4, 0.5) is 13.2 Å². The van der Waals surface area contributed by atoms with Crippen LogP contribution in [0.1, 0.15) is 5.69 Å². The molecule has 1 aromatic rings. The average Bonchev–Trinajstić information content (AvgIpc) is 1.92. The zero-order valence-corrected chi connectivity index (χ0v) is 6.22. The Labute approximate surface area is 66.2 Å². The van der Waals surface area contributed by atoms with E-state index in [9.17, 15) is 18.0 Å². The Morgan fingerprint density at radius 3 is 2.42 bits per heavy atom. The maximum absolute atomic E-state index is 12.1. The van der Waals surface area contributed by atoms with Crippen LogP contribution in [0.2, 0.25) is 0 Å². The van der Waals surface area contributed by atoms with Gasteiger partial charge in [-0.1, -0.05) is 0 Å². The molecule has 0 amide bonds. The van der Waals surface area contributed by atoms with Gasteiger partial charge in [0.1, 0.15) is 5.69 Å². The summed E-state index contributed by atoms with van der Waals surface area (Å²) in [5, 5.41) is 0. The normalized spacial score (nSPS) is 11.7. The molecule has 0 aliphatic carbocycles. The molecule has 0 aliphatic heterocycles. The van der Waals surface area contributed by atoms with Crippen molar-refractivity contribution in [1.82, 2.24) is 4.57 Å². The van der Waals surface area contributed by atoms with Gasteiger partial charge in [-0.25, -0.2) is 0 Å². The molecule has 1 aromatic heterocycles. The molecule has 0 atom stereocenters. The molecular formula is C7H6F3NO. The van der Waals surface area contributed by atoms with Crippen molar-refractivity contribution in [1.29, 1.82) is 0 Å². The standard InChI is InChI=1S/C7H6F3NO/c1-11-3-2-5(12)4-6(11)7(8,9)10/h2-4H,1H3. The Morgan fingerprint density at radius 2 is 2.00 bits per heavy atom. The summed E-state index contributed by atoms with van der Waals surface area (Å²) in [5.41, 5.74) is -1.57. The molecule has 0 unspecified atom stereocenters. The number of halogens is 3. The van der Waals surface area contributed by atoms with Gasteiger partial charge >= 0.3 is 6.18 Å². The van der Waals surface area contributed by atoms with Gasteiger partial charge in [0.25, 0.3) is 0 Å². The fourth-order valence-corrected chi connectivity index (χ4v) is 0.832. The molecule has 5 heteroatoms. The van der Waals surface area contributed by atoms with E-state index in [0.29, 0.717) is 6.07 Å². The molecule has 0 fully saturated rings. The first-order valence-electron chi connectivity index (χ1n) is 3.15. The summed E-state index contributed by atoms with van der Waals surface area (Å²) in [5.74, 6) is 0. The lowest BCUT2D eigenvalue weighted by molar-refractivity contribution is -0.143. The third kappa shape index (κ3) is 1.66. The minimum atomic E-state index is -4.46. The Bertz CT molecular complexity index is 339. The lowest BCUT2D eigenvalue weighted by Gasteiger charge is -2.10. The van der Waals surface area contributed by atoms with Gasteiger partial charge in [0, 0.05) is 25.4 Å². The monoisotopic (exact) mass is 177 g/mol. The number of alkyl halides is 3. The van der Waals surface area contributed by atoms with Crippen LogP contribution < -0.4 is 5.43 Å². The number of hydrogen-bond donors (Lipinski definition) is 0. The Balaban J connectivity index is 3.33. The number of nitrogens with zero attached hydrogens (tertiary/aromatic N) is 1. The van der Waals surface area contributed by atoms with Crippen LogP contribution in [0.25, 0.3) is 0 Å². The number of rotatable bonds is 0. The molecular weight excluding hydrogens is 171 g/mol. The topological polar surface area (TPSA) is 22.0 Å². The highest BCUT2D eigenvalue weighted by Crippen LogP contribution is 2.27. The Hall–Kier alpha value is -1.26. The summed E-state index contributed by atoms with van der Waals surface area (Å²) >= 11 is 0. The lowest BCUT2D eigenvalue weighted by atomic mass is 10.3. The highest BCUT2D eigenvalue weighted by molar-refractivity contribution is 5.09. The highest BCUT2D eigenvalue weighted by atomic mass is 19.4. The fourth-order valence-electron chi connectivity index (χ4n) is 0.832. The van der Waals surface area contributed by atoms with Crippen LogP contribution in [-0.4, -0.2) is 4.57 Å². The minimum absolute atomic E-state index is 0.569. The van der Waals surface area contributed by atoms with Crippen molar-refractivity contribution in [2.75, 3.05) is 0 Å². The second kappa shape index (κ2) is 2.66. The first-order chi connectivity index (χ1) is 5.41. The van der Waals surface area contributed by atoms with Crippen LogP contribution >= 0.6 is 0 Å².